The molecule has 1 atom stereocenters. The summed E-state index contributed by atoms with van der Waals surface area (Å²) in [6.45, 7) is 1.87. The number of benzene rings is 2. The lowest BCUT2D eigenvalue weighted by Gasteiger charge is -2.13. The van der Waals surface area contributed by atoms with Crippen molar-refractivity contribution < 1.29 is 13.9 Å². The Morgan fingerprint density at radius 1 is 1.19 bits per heavy atom. The summed E-state index contributed by atoms with van der Waals surface area (Å²) >= 11 is 1.50. The van der Waals surface area contributed by atoms with Crippen molar-refractivity contribution in [3.63, 3.8) is 0 Å². The molecule has 0 spiro atoms. The van der Waals surface area contributed by atoms with Gasteiger partial charge in [0.05, 0.1) is 25.3 Å². The Kier molecular flexibility index (Phi) is 5.63. The highest BCUT2D eigenvalue weighted by Crippen LogP contribution is 2.26. The molecule has 0 aliphatic carbocycles. The average Bonchev–Trinajstić information content (AvgIpc) is 3.10. The molecule has 134 valence electrons. The molecule has 3 rings (SSSR count). The molecule has 0 aliphatic rings. The standard InChI is InChI=1S/C20H19FN2O2S/c1-13(14-3-7-16(21)8-4-14)22-19(24)11-17-12-26-20(23-17)15-5-9-18(25-2)10-6-15/h3-10,12-13H,11H2,1-2H3,(H,22,24)/t13-/m0/s1. The second-order valence-electron chi connectivity index (χ2n) is 5.89. The number of methoxy groups -OCH3 is 1. The molecule has 0 bridgehead atoms. The molecule has 3 aromatic rings. The number of nitrogens with zero attached hydrogens (tertiary/aromatic N) is 1. The number of hydrogen-bond acceptors (Lipinski definition) is 4. The summed E-state index contributed by atoms with van der Waals surface area (Å²) in [4.78, 5) is 16.8. The minimum atomic E-state index is -0.291. The van der Waals surface area contributed by atoms with Gasteiger partial charge < -0.3 is 10.1 Å². The van der Waals surface area contributed by atoms with E-state index < -0.39 is 0 Å². The van der Waals surface area contributed by atoms with Gasteiger partial charge in [-0.15, -0.1) is 11.3 Å². The number of amides is 1. The lowest BCUT2D eigenvalue weighted by molar-refractivity contribution is -0.121. The first-order chi connectivity index (χ1) is 12.5. The van der Waals surface area contributed by atoms with Gasteiger partial charge in [0.15, 0.2) is 0 Å². The number of thiazole rings is 1. The second-order valence-corrected chi connectivity index (χ2v) is 6.75. The van der Waals surface area contributed by atoms with E-state index in [1.165, 1.54) is 23.5 Å². The van der Waals surface area contributed by atoms with Crippen molar-refractivity contribution in [2.75, 3.05) is 7.11 Å². The summed E-state index contributed by atoms with van der Waals surface area (Å²) in [6, 6.07) is 13.6. The van der Waals surface area contributed by atoms with Crippen LogP contribution in [-0.2, 0) is 11.2 Å². The molecular formula is C20H19FN2O2S. The fraction of sp³-hybridized carbons (Fsp3) is 0.200. The Morgan fingerprint density at radius 3 is 2.54 bits per heavy atom. The van der Waals surface area contributed by atoms with Gasteiger partial charge in [-0.05, 0) is 48.9 Å². The van der Waals surface area contributed by atoms with E-state index in [0.29, 0.717) is 0 Å². The molecule has 0 saturated carbocycles. The highest BCUT2D eigenvalue weighted by molar-refractivity contribution is 7.13. The molecule has 4 nitrogen and oxygen atoms in total. The Balaban J connectivity index is 1.61. The van der Waals surface area contributed by atoms with Crippen molar-refractivity contribution in [3.8, 4) is 16.3 Å². The van der Waals surface area contributed by atoms with Crippen LogP contribution in [0.4, 0.5) is 4.39 Å². The smallest absolute Gasteiger partial charge is 0.226 e. The maximum atomic E-state index is 13.0. The van der Waals surface area contributed by atoms with E-state index in [0.717, 1.165) is 27.6 Å². The number of rotatable bonds is 6. The summed E-state index contributed by atoms with van der Waals surface area (Å²) in [7, 11) is 1.63. The summed E-state index contributed by atoms with van der Waals surface area (Å²) < 4.78 is 18.1. The van der Waals surface area contributed by atoms with Crippen LogP contribution < -0.4 is 10.1 Å². The van der Waals surface area contributed by atoms with Crippen LogP contribution in [0.5, 0.6) is 5.75 Å². The van der Waals surface area contributed by atoms with Gasteiger partial charge in [-0.1, -0.05) is 12.1 Å². The van der Waals surface area contributed by atoms with Crippen molar-refractivity contribution in [2.45, 2.75) is 19.4 Å². The molecule has 26 heavy (non-hydrogen) atoms. The Morgan fingerprint density at radius 2 is 1.88 bits per heavy atom. The zero-order chi connectivity index (χ0) is 18.5. The van der Waals surface area contributed by atoms with E-state index in [4.69, 9.17) is 4.74 Å². The van der Waals surface area contributed by atoms with E-state index in [-0.39, 0.29) is 24.2 Å². The van der Waals surface area contributed by atoms with Crippen molar-refractivity contribution >= 4 is 17.2 Å². The molecule has 1 aromatic heterocycles. The molecule has 6 heteroatoms. The molecule has 2 aromatic carbocycles. The highest BCUT2D eigenvalue weighted by Gasteiger charge is 2.13. The van der Waals surface area contributed by atoms with Crippen LogP contribution in [0.15, 0.2) is 53.9 Å². The Labute approximate surface area is 155 Å². The second kappa shape index (κ2) is 8.10. The van der Waals surface area contributed by atoms with Gasteiger partial charge in [0.25, 0.3) is 0 Å². The largest absolute Gasteiger partial charge is 0.497 e. The average molecular weight is 370 g/mol. The van der Waals surface area contributed by atoms with Crippen LogP contribution >= 0.6 is 11.3 Å². The molecule has 0 fully saturated rings. The van der Waals surface area contributed by atoms with Gasteiger partial charge in [0.1, 0.15) is 16.6 Å². The first-order valence-corrected chi connectivity index (χ1v) is 9.07. The summed E-state index contributed by atoms with van der Waals surface area (Å²) in [5.41, 5.74) is 2.57. The van der Waals surface area contributed by atoms with Crippen LogP contribution in [0.2, 0.25) is 0 Å². The monoisotopic (exact) mass is 370 g/mol. The lowest BCUT2D eigenvalue weighted by Crippen LogP contribution is -2.28. The van der Waals surface area contributed by atoms with E-state index in [1.54, 1.807) is 19.2 Å². The first-order valence-electron chi connectivity index (χ1n) is 8.19. The third kappa shape index (κ3) is 4.46. The Bertz CT molecular complexity index is 876. The zero-order valence-corrected chi connectivity index (χ0v) is 15.3. The fourth-order valence-corrected chi connectivity index (χ4v) is 3.37. The van der Waals surface area contributed by atoms with E-state index >= 15 is 0 Å². The van der Waals surface area contributed by atoms with Crippen molar-refractivity contribution in [1.82, 2.24) is 10.3 Å². The molecule has 0 radical (unpaired) electrons. The molecule has 1 N–H and O–H groups in total. The number of halogens is 1. The van der Waals surface area contributed by atoms with Crippen molar-refractivity contribution in [2.24, 2.45) is 0 Å². The maximum Gasteiger partial charge on any atom is 0.226 e. The molecule has 0 saturated heterocycles. The van der Waals surface area contributed by atoms with E-state index in [9.17, 15) is 9.18 Å². The van der Waals surface area contributed by atoms with Crippen molar-refractivity contribution in [1.29, 1.82) is 0 Å². The quantitative estimate of drug-likeness (QED) is 0.701. The van der Waals surface area contributed by atoms with Gasteiger partial charge in [-0.25, -0.2) is 9.37 Å². The summed E-state index contributed by atoms with van der Waals surface area (Å²) in [5.74, 6) is 0.383. The Hall–Kier alpha value is -2.73. The topological polar surface area (TPSA) is 51.2 Å². The van der Waals surface area contributed by atoms with Gasteiger partial charge in [0.2, 0.25) is 5.91 Å². The van der Waals surface area contributed by atoms with Gasteiger partial charge in [-0.2, -0.15) is 0 Å². The number of ether oxygens (including phenoxy) is 1. The SMILES string of the molecule is COc1ccc(-c2nc(CC(=O)N[C@@H](C)c3ccc(F)cc3)cs2)cc1. The number of aromatic nitrogens is 1. The summed E-state index contributed by atoms with van der Waals surface area (Å²) in [6.07, 6.45) is 0.207. The molecule has 0 unspecified atom stereocenters. The van der Waals surface area contributed by atoms with Crippen LogP contribution in [0.25, 0.3) is 10.6 Å². The molecule has 1 heterocycles. The number of hydrogen-bond donors (Lipinski definition) is 1. The fourth-order valence-electron chi connectivity index (χ4n) is 2.55. The number of nitrogens with one attached hydrogen (secondary N) is 1. The first kappa shape index (κ1) is 18.1. The lowest BCUT2D eigenvalue weighted by atomic mass is 10.1. The van der Waals surface area contributed by atoms with Gasteiger partial charge in [0, 0.05) is 10.9 Å². The van der Waals surface area contributed by atoms with Gasteiger partial charge >= 0.3 is 0 Å². The van der Waals surface area contributed by atoms with Crippen molar-refractivity contribution in [3.05, 3.63) is 71.0 Å². The number of carbonyl (C=O) groups excluding carboxylic acids is 1. The van der Waals surface area contributed by atoms with E-state index in [1.807, 2.05) is 36.6 Å². The minimum Gasteiger partial charge on any atom is -0.497 e. The normalized spacial score (nSPS) is 11.8. The third-order valence-corrected chi connectivity index (χ3v) is 4.92. The maximum absolute atomic E-state index is 13.0. The van der Waals surface area contributed by atoms with Crippen LogP contribution in [0, 0.1) is 5.82 Å². The van der Waals surface area contributed by atoms with Crippen LogP contribution in [-0.4, -0.2) is 18.0 Å². The van der Waals surface area contributed by atoms with Gasteiger partial charge in [-0.3, -0.25) is 4.79 Å². The van der Waals surface area contributed by atoms with Crippen LogP contribution in [0.1, 0.15) is 24.2 Å². The molecule has 1 amide bonds. The minimum absolute atomic E-state index is 0.117. The predicted molar refractivity (Wildman–Crippen MR) is 101 cm³/mol. The zero-order valence-electron chi connectivity index (χ0n) is 14.5. The van der Waals surface area contributed by atoms with E-state index in [2.05, 4.69) is 10.3 Å². The predicted octanol–water partition coefficient (Wildman–Crippen LogP) is 4.38. The molecule has 0 aliphatic heterocycles. The highest BCUT2D eigenvalue weighted by atomic mass is 32.1. The molecular weight excluding hydrogens is 351 g/mol. The summed E-state index contributed by atoms with van der Waals surface area (Å²) in [5, 5.41) is 5.67. The number of carbonyl (C=O) groups is 1. The third-order valence-electron chi connectivity index (χ3n) is 3.98. The van der Waals surface area contributed by atoms with Crippen LogP contribution in [0.3, 0.4) is 0 Å².